The van der Waals surface area contributed by atoms with Crippen LogP contribution in [0.4, 0.5) is 5.69 Å². The minimum absolute atomic E-state index is 0.590. The van der Waals surface area contributed by atoms with Crippen LogP contribution in [-0.4, -0.2) is 27.9 Å². The van der Waals surface area contributed by atoms with Gasteiger partial charge in [0.25, 0.3) is 0 Å². The molecule has 0 spiro atoms. The monoisotopic (exact) mass is 291 g/mol. The zero-order valence-corrected chi connectivity index (χ0v) is 12.7. The Labute approximate surface area is 113 Å². The summed E-state index contributed by atoms with van der Waals surface area (Å²) in [6.07, 6.45) is 0.824. The molecule has 0 aliphatic rings. The van der Waals surface area contributed by atoms with E-state index >= 15 is 0 Å². The zero-order valence-electron chi connectivity index (χ0n) is 11.1. The van der Waals surface area contributed by atoms with Crippen molar-refractivity contribution >= 4 is 5.69 Å². The summed E-state index contributed by atoms with van der Waals surface area (Å²) >= 11 is -2.99. The predicted molar refractivity (Wildman–Crippen MR) is 66.8 cm³/mol. The van der Waals surface area contributed by atoms with Crippen LogP contribution >= 0.6 is 0 Å². The first-order chi connectivity index (χ1) is 8.65. The van der Waals surface area contributed by atoms with Crippen molar-refractivity contribution in [3.8, 4) is 5.75 Å². The van der Waals surface area contributed by atoms with Crippen LogP contribution in [0.5, 0.6) is 5.75 Å². The molecule has 0 bridgehead atoms. The molecule has 1 aromatic rings. The van der Waals surface area contributed by atoms with E-state index in [1.165, 1.54) is 0 Å². The van der Waals surface area contributed by atoms with E-state index in [0.29, 0.717) is 12.3 Å². The minimum atomic E-state index is -2.99. The molecule has 0 saturated carbocycles. The third kappa shape index (κ3) is 4.59. The Bertz CT molecular complexity index is 349. The van der Waals surface area contributed by atoms with Crippen LogP contribution in [0.15, 0.2) is 24.3 Å². The van der Waals surface area contributed by atoms with Gasteiger partial charge in [-0.1, -0.05) is 0 Å². The molecule has 2 N–H and O–H groups in total. The van der Waals surface area contributed by atoms with Gasteiger partial charge in [0.1, 0.15) is 0 Å². The molecule has 1 aromatic carbocycles. The number of hydrogen-bond acceptors (Lipinski definition) is 5. The van der Waals surface area contributed by atoms with Gasteiger partial charge in [0, 0.05) is 0 Å². The first-order valence-electron chi connectivity index (χ1n) is 5.79. The molecule has 0 saturated heterocycles. The van der Waals surface area contributed by atoms with Crippen molar-refractivity contribution in [1.82, 2.24) is 0 Å². The maximum absolute atomic E-state index is 5.67. The number of nitrogens with two attached hydrogens (primary N) is 1. The van der Waals surface area contributed by atoms with E-state index in [1.807, 2.05) is 18.2 Å². The number of hydrogen-bond donors (Lipinski definition) is 1. The summed E-state index contributed by atoms with van der Waals surface area (Å²) in [5.74, 6) is 0.778. The molecular weight excluding hydrogens is 270 g/mol. The zero-order chi connectivity index (χ0) is 13.4. The molecule has 0 fully saturated rings. The van der Waals surface area contributed by atoms with Gasteiger partial charge >= 0.3 is 113 Å². The van der Waals surface area contributed by atoms with Gasteiger partial charge in [-0.3, -0.25) is 0 Å². The van der Waals surface area contributed by atoms with Crippen LogP contribution in [0.25, 0.3) is 0 Å². The van der Waals surface area contributed by atoms with E-state index in [4.69, 9.17) is 20.4 Å². The summed E-state index contributed by atoms with van der Waals surface area (Å²) in [7, 11) is 4.89. The molecule has 18 heavy (non-hydrogen) atoms. The second kappa shape index (κ2) is 7.76. The van der Waals surface area contributed by atoms with Crippen molar-refractivity contribution in [2.24, 2.45) is 0 Å². The molecule has 0 heterocycles. The molecule has 0 atom stereocenters. The Morgan fingerprint density at radius 1 is 1.11 bits per heavy atom. The number of anilines is 1. The van der Waals surface area contributed by atoms with Crippen molar-refractivity contribution in [1.29, 1.82) is 0 Å². The topological polar surface area (TPSA) is 62.9 Å². The molecule has 5 nitrogen and oxygen atoms in total. The molecule has 0 aromatic heterocycles. The molecule has 6 heteroatoms. The first-order valence-corrected chi connectivity index (χ1v) is 8.81. The average molecular weight is 291 g/mol. The van der Waals surface area contributed by atoms with E-state index in [0.717, 1.165) is 16.9 Å². The van der Waals surface area contributed by atoms with Crippen molar-refractivity contribution in [3.05, 3.63) is 24.3 Å². The second-order valence-electron chi connectivity index (χ2n) is 3.82. The van der Waals surface area contributed by atoms with Gasteiger partial charge in [0.05, 0.1) is 0 Å². The summed E-state index contributed by atoms with van der Waals surface area (Å²) in [4.78, 5) is 0. The average Bonchev–Trinajstić information content (AvgIpc) is 2.40. The van der Waals surface area contributed by atoms with Gasteiger partial charge < -0.3 is 0 Å². The second-order valence-corrected chi connectivity index (χ2v) is 8.65. The summed E-state index contributed by atoms with van der Waals surface area (Å²) < 4.78 is 22.5. The SMILES string of the molecule is C[O][Ti]([CH2]CCOc1cccc(N)c1)([O]C)[O]C. The van der Waals surface area contributed by atoms with Gasteiger partial charge in [0.2, 0.25) is 0 Å². The number of rotatable bonds is 8. The maximum atomic E-state index is 5.67. The van der Waals surface area contributed by atoms with Gasteiger partial charge in [-0.25, -0.2) is 0 Å². The van der Waals surface area contributed by atoms with Crippen LogP contribution < -0.4 is 10.5 Å². The van der Waals surface area contributed by atoms with Gasteiger partial charge in [0.15, 0.2) is 0 Å². The Balaban J connectivity index is 2.34. The molecule has 0 aliphatic carbocycles. The van der Waals surface area contributed by atoms with E-state index < -0.39 is 17.8 Å². The first kappa shape index (κ1) is 15.5. The molecule has 0 aliphatic heterocycles. The normalized spacial score (nSPS) is 11.5. The molecule has 0 radical (unpaired) electrons. The third-order valence-electron chi connectivity index (χ3n) is 2.69. The van der Waals surface area contributed by atoms with Crippen molar-refractivity contribution in [2.45, 2.75) is 11.1 Å². The predicted octanol–water partition coefficient (Wildman–Crippen LogP) is 2.29. The molecule has 1 rings (SSSR count). The molecule has 0 amide bonds. The third-order valence-corrected chi connectivity index (χ3v) is 7.11. The van der Waals surface area contributed by atoms with Crippen molar-refractivity contribution in [3.63, 3.8) is 0 Å². The Morgan fingerprint density at radius 2 is 1.78 bits per heavy atom. The number of nitrogen functional groups attached to an aromatic ring is 1. The van der Waals surface area contributed by atoms with E-state index in [9.17, 15) is 0 Å². The molecule has 102 valence electrons. The van der Waals surface area contributed by atoms with Gasteiger partial charge in [-0.05, 0) is 0 Å². The molecule has 0 unspecified atom stereocenters. The fourth-order valence-electron chi connectivity index (χ4n) is 1.64. The van der Waals surface area contributed by atoms with Crippen LogP contribution in [0, 0.1) is 0 Å². The fraction of sp³-hybridized carbons (Fsp3) is 0.500. The summed E-state index contributed by atoms with van der Waals surface area (Å²) in [5.41, 5.74) is 6.37. The summed E-state index contributed by atoms with van der Waals surface area (Å²) in [6.45, 7) is 0.590. The van der Waals surface area contributed by atoms with Crippen LogP contribution in [0.3, 0.4) is 0 Å². The molecular formula is C12H21NO4Ti. The quantitative estimate of drug-likeness (QED) is 0.452. The van der Waals surface area contributed by atoms with Crippen LogP contribution in [0.1, 0.15) is 6.42 Å². The number of ether oxygens (including phenoxy) is 1. The Morgan fingerprint density at radius 3 is 2.33 bits per heavy atom. The van der Waals surface area contributed by atoms with E-state index in [-0.39, 0.29) is 0 Å². The van der Waals surface area contributed by atoms with Gasteiger partial charge in [-0.2, -0.15) is 0 Å². The van der Waals surface area contributed by atoms with Crippen molar-refractivity contribution in [2.75, 3.05) is 33.7 Å². The van der Waals surface area contributed by atoms with Crippen molar-refractivity contribution < 1.29 is 32.4 Å². The standard InChI is InChI=1S/C9H12NO.3CH3O.Ti/c1-2-6-11-9-5-3-4-8(10)7-9;3*1-2;/h3-5,7H,1-2,6,10H2;3*1H3;/q;3*-1;+3. The van der Waals surface area contributed by atoms with Gasteiger partial charge in [-0.15, -0.1) is 0 Å². The van der Waals surface area contributed by atoms with Crippen LogP contribution in [0.2, 0.25) is 4.73 Å². The Kier molecular flexibility index (Phi) is 6.67. The van der Waals surface area contributed by atoms with Crippen LogP contribution in [-0.2, 0) is 27.7 Å². The Hall–Kier alpha value is -0.586. The fourth-order valence-corrected chi connectivity index (χ4v) is 4.28. The summed E-state index contributed by atoms with van der Waals surface area (Å²) in [6, 6.07) is 7.38. The summed E-state index contributed by atoms with van der Waals surface area (Å²) in [5, 5.41) is 0. The van der Waals surface area contributed by atoms with E-state index in [2.05, 4.69) is 0 Å². The van der Waals surface area contributed by atoms with E-state index in [1.54, 1.807) is 27.4 Å². The number of benzene rings is 1.